The topological polar surface area (TPSA) is 74.4 Å². The van der Waals surface area contributed by atoms with Gasteiger partial charge in [0.1, 0.15) is 18.5 Å². The Labute approximate surface area is 154 Å². The minimum absolute atomic E-state index is 0.0593. The average molecular weight is 411 g/mol. The molecule has 0 saturated heterocycles. The molecule has 0 aliphatic carbocycles. The second kappa shape index (κ2) is 8.80. The quantitative estimate of drug-likeness (QED) is 0.746. The van der Waals surface area contributed by atoms with Crippen molar-refractivity contribution in [2.75, 3.05) is 6.61 Å². The molecule has 0 saturated carbocycles. The Morgan fingerprint density at radius 1 is 1.28 bits per heavy atom. The number of nitrogens with zero attached hydrogens (tertiary/aromatic N) is 1. The van der Waals surface area contributed by atoms with E-state index in [4.69, 9.17) is 15.2 Å². The summed E-state index contributed by atoms with van der Waals surface area (Å²) in [7, 11) is 0. The molecule has 0 bridgehead atoms. The molecule has 0 fully saturated rings. The lowest BCUT2D eigenvalue weighted by Gasteiger charge is -2.20. The van der Waals surface area contributed by atoms with Gasteiger partial charge in [-0.3, -0.25) is 0 Å². The van der Waals surface area contributed by atoms with Crippen LogP contribution < -0.4 is 10.5 Å². The monoisotopic (exact) mass is 410 g/mol. The fraction of sp³-hybridized carbons (Fsp3) is 0.333. The van der Waals surface area contributed by atoms with Crippen molar-refractivity contribution in [3.63, 3.8) is 0 Å². The van der Waals surface area contributed by atoms with Gasteiger partial charge in [-0.15, -0.1) is 0 Å². The van der Waals surface area contributed by atoms with Crippen molar-refractivity contribution in [3.8, 4) is 5.88 Å². The van der Waals surface area contributed by atoms with E-state index in [1.165, 1.54) is 12.1 Å². The van der Waals surface area contributed by atoms with Crippen LogP contribution in [0.3, 0.4) is 0 Å². The summed E-state index contributed by atoms with van der Waals surface area (Å²) in [5.74, 6) is 0.204. The minimum Gasteiger partial charge on any atom is -0.473 e. The molecular formula is C18H20BrFN2O3. The van der Waals surface area contributed by atoms with Crippen molar-refractivity contribution in [1.82, 2.24) is 4.98 Å². The average Bonchev–Trinajstić information content (AvgIpc) is 2.54. The number of rotatable bonds is 7. The van der Waals surface area contributed by atoms with E-state index < -0.39 is 12.2 Å². The maximum Gasteiger partial charge on any atom is 0.404 e. The molecule has 0 aliphatic rings. The lowest BCUT2D eigenvalue weighted by molar-refractivity contribution is 0.0426. The molecule has 0 unspecified atom stereocenters. The SMILES string of the molecule is CC(C)[C@@H](COc1ncc(Cc2ccc(F)cc2)cc1Br)OC(N)=O. The Hall–Kier alpha value is -2.15. The first-order valence-corrected chi connectivity index (χ1v) is 8.62. The van der Waals surface area contributed by atoms with Crippen LogP contribution in [-0.4, -0.2) is 23.8 Å². The van der Waals surface area contributed by atoms with E-state index in [0.29, 0.717) is 16.8 Å². The Morgan fingerprint density at radius 3 is 2.52 bits per heavy atom. The second-order valence-electron chi connectivity index (χ2n) is 5.96. The van der Waals surface area contributed by atoms with Gasteiger partial charge in [-0.25, -0.2) is 14.2 Å². The molecule has 2 rings (SSSR count). The Kier molecular flexibility index (Phi) is 6.75. The summed E-state index contributed by atoms with van der Waals surface area (Å²) in [6.07, 6.45) is 1.04. The molecular weight excluding hydrogens is 391 g/mol. The van der Waals surface area contributed by atoms with Gasteiger partial charge in [-0.2, -0.15) is 0 Å². The number of pyridine rings is 1. The lowest BCUT2D eigenvalue weighted by Crippen LogP contribution is -2.32. The molecule has 0 aliphatic heterocycles. The summed E-state index contributed by atoms with van der Waals surface area (Å²) in [6.45, 7) is 3.97. The van der Waals surface area contributed by atoms with Crippen LogP contribution in [0.4, 0.5) is 9.18 Å². The highest BCUT2D eigenvalue weighted by Gasteiger charge is 2.19. The number of halogens is 2. The van der Waals surface area contributed by atoms with Gasteiger partial charge in [0, 0.05) is 6.20 Å². The van der Waals surface area contributed by atoms with Gasteiger partial charge < -0.3 is 15.2 Å². The third-order valence-corrected chi connectivity index (χ3v) is 4.15. The fourth-order valence-electron chi connectivity index (χ4n) is 2.18. The molecule has 1 aromatic heterocycles. The van der Waals surface area contributed by atoms with Crippen molar-refractivity contribution >= 4 is 22.0 Å². The number of ether oxygens (including phenoxy) is 2. The standard InChI is InChI=1S/C18H20BrFN2O3/c1-11(2)16(25-18(21)23)10-24-17-15(19)8-13(9-22-17)7-12-3-5-14(20)6-4-12/h3-6,8-9,11,16H,7,10H2,1-2H3,(H2,21,23)/t16-/m1/s1. The van der Waals surface area contributed by atoms with Crippen LogP contribution in [0.5, 0.6) is 5.88 Å². The maximum absolute atomic E-state index is 13.0. The molecule has 134 valence electrons. The van der Waals surface area contributed by atoms with Crippen molar-refractivity contribution in [2.45, 2.75) is 26.4 Å². The number of nitrogens with two attached hydrogens (primary N) is 1. The third-order valence-electron chi connectivity index (χ3n) is 3.58. The minimum atomic E-state index is -0.830. The van der Waals surface area contributed by atoms with Gasteiger partial charge in [0.25, 0.3) is 0 Å². The smallest absolute Gasteiger partial charge is 0.404 e. The first-order valence-electron chi connectivity index (χ1n) is 7.83. The molecule has 1 amide bonds. The van der Waals surface area contributed by atoms with E-state index in [9.17, 15) is 9.18 Å². The summed E-state index contributed by atoms with van der Waals surface area (Å²) in [5.41, 5.74) is 7.01. The molecule has 25 heavy (non-hydrogen) atoms. The van der Waals surface area contributed by atoms with Gasteiger partial charge in [0.05, 0.1) is 4.47 Å². The van der Waals surface area contributed by atoms with Crippen molar-refractivity contribution in [3.05, 3.63) is 57.9 Å². The van der Waals surface area contributed by atoms with Crippen LogP contribution in [0.15, 0.2) is 41.0 Å². The van der Waals surface area contributed by atoms with E-state index in [1.807, 2.05) is 19.9 Å². The first kappa shape index (κ1) is 19.2. The van der Waals surface area contributed by atoms with Crippen molar-refractivity contribution < 1.29 is 18.7 Å². The highest BCUT2D eigenvalue weighted by Crippen LogP contribution is 2.25. The third kappa shape index (κ3) is 6.01. The molecule has 5 nitrogen and oxygen atoms in total. The predicted octanol–water partition coefficient (Wildman–Crippen LogP) is 4.07. The second-order valence-corrected chi connectivity index (χ2v) is 6.82. The molecule has 2 N–H and O–H groups in total. The Morgan fingerprint density at radius 2 is 1.96 bits per heavy atom. The number of carbonyl (C=O) groups excluding carboxylic acids is 1. The maximum atomic E-state index is 13.0. The number of benzene rings is 1. The van der Waals surface area contributed by atoms with Gasteiger partial charge in [-0.1, -0.05) is 26.0 Å². The van der Waals surface area contributed by atoms with Crippen LogP contribution in [0.2, 0.25) is 0 Å². The van der Waals surface area contributed by atoms with E-state index >= 15 is 0 Å². The van der Waals surface area contributed by atoms with Crippen LogP contribution in [-0.2, 0) is 11.2 Å². The number of amides is 1. The molecule has 7 heteroatoms. The largest absolute Gasteiger partial charge is 0.473 e. The Bertz CT molecular complexity index is 723. The zero-order valence-electron chi connectivity index (χ0n) is 14.0. The van der Waals surface area contributed by atoms with E-state index in [0.717, 1.165) is 11.1 Å². The van der Waals surface area contributed by atoms with E-state index in [1.54, 1.807) is 18.3 Å². The summed E-state index contributed by atoms with van der Waals surface area (Å²) >= 11 is 3.43. The zero-order valence-corrected chi connectivity index (χ0v) is 15.6. The first-order chi connectivity index (χ1) is 11.8. The molecule has 1 heterocycles. The van der Waals surface area contributed by atoms with Crippen LogP contribution >= 0.6 is 15.9 Å². The van der Waals surface area contributed by atoms with E-state index in [-0.39, 0.29) is 18.3 Å². The number of hydrogen-bond donors (Lipinski definition) is 1. The van der Waals surface area contributed by atoms with Gasteiger partial charge in [0.2, 0.25) is 5.88 Å². The predicted molar refractivity (Wildman–Crippen MR) is 95.9 cm³/mol. The summed E-state index contributed by atoms with van der Waals surface area (Å²) in [4.78, 5) is 15.2. The number of hydrogen-bond acceptors (Lipinski definition) is 4. The molecule has 0 radical (unpaired) electrons. The molecule has 1 aromatic carbocycles. The van der Waals surface area contributed by atoms with Gasteiger partial charge in [-0.05, 0) is 57.6 Å². The summed E-state index contributed by atoms with van der Waals surface area (Å²) < 4.78 is 24.3. The van der Waals surface area contributed by atoms with Crippen LogP contribution in [0, 0.1) is 11.7 Å². The molecule has 1 atom stereocenters. The zero-order chi connectivity index (χ0) is 18.4. The van der Waals surface area contributed by atoms with Crippen LogP contribution in [0.25, 0.3) is 0 Å². The lowest BCUT2D eigenvalue weighted by atomic mass is 10.1. The highest BCUT2D eigenvalue weighted by molar-refractivity contribution is 9.10. The highest BCUT2D eigenvalue weighted by atomic mass is 79.9. The normalized spacial score (nSPS) is 12.0. The summed E-state index contributed by atoms with van der Waals surface area (Å²) in [5, 5.41) is 0. The van der Waals surface area contributed by atoms with Crippen LogP contribution in [0.1, 0.15) is 25.0 Å². The van der Waals surface area contributed by atoms with Gasteiger partial charge >= 0.3 is 6.09 Å². The van der Waals surface area contributed by atoms with E-state index in [2.05, 4.69) is 20.9 Å². The molecule has 0 spiro atoms. The summed E-state index contributed by atoms with van der Waals surface area (Å²) in [6, 6.07) is 8.23. The number of primary amides is 1. The number of aromatic nitrogens is 1. The van der Waals surface area contributed by atoms with Crippen molar-refractivity contribution in [2.24, 2.45) is 11.7 Å². The Balaban J connectivity index is 2.01. The van der Waals surface area contributed by atoms with Gasteiger partial charge in [0.15, 0.2) is 0 Å². The molecule has 2 aromatic rings. The number of carbonyl (C=O) groups is 1. The van der Waals surface area contributed by atoms with Crippen molar-refractivity contribution in [1.29, 1.82) is 0 Å². The fourth-order valence-corrected chi connectivity index (χ4v) is 2.69.